The highest BCUT2D eigenvalue weighted by Crippen LogP contribution is 2.53. The summed E-state index contributed by atoms with van der Waals surface area (Å²) in [6, 6.07) is 76.1. The van der Waals surface area contributed by atoms with Crippen molar-refractivity contribution >= 4 is 21.8 Å². The lowest BCUT2D eigenvalue weighted by molar-refractivity contribution is 0.655. The molecule has 59 heavy (non-hydrogen) atoms. The Kier molecular flexibility index (Phi) is 8.10. The Labute approximate surface area is 345 Å². The molecule has 0 fully saturated rings. The molecule has 0 N–H and O–H groups in total. The molecule has 2 heterocycles. The van der Waals surface area contributed by atoms with Crippen LogP contribution in [0.5, 0.6) is 0 Å². The normalized spacial score (nSPS) is 13.1. The number of pyridine rings is 1. The first-order valence-corrected chi connectivity index (χ1v) is 20.5. The minimum Gasteiger partial charge on any atom is -0.309 e. The molecule has 2 aromatic heterocycles. The van der Waals surface area contributed by atoms with Gasteiger partial charge in [0.05, 0.1) is 16.4 Å². The second-order valence-corrected chi connectivity index (χ2v) is 16.4. The molecule has 2 nitrogen and oxygen atoms in total. The molecular weight excluding hydrogens is 713 g/mol. The van der Waals surface area contributed by atoms with Gasteiger partial charge in [0.2, 0.25) is 0 Å². The van der Waals surface area contributed by atoms with Crippen molar-refractivity contribution in [3.8, 4) is 39.1 Å². The summed E-state index contributed by atoms with van der Waals surface area (Å²) < 4.78 is 2.39. The van der Waals surface area contributed by atoms with Gasteiger partial charge in [0.1, 0.15) is 0 Å². The van der Waals surface area contributed by atoms with E-state index >= 15 is 0 Å². The van der Waals surface area contributed by atoms with E-state index in [2.05, 4.69) is 224 Å². The van der Waals surface area contributed by atoms with Crippen molar-refractivity contribution in [2.45, 2.75) is 24.7 Å². The van der Waals surface area contributed by atoms with E-state index < -0.39 is 5.41 Å². The third-order valence-electron chi connectivity index (χ3n) is 12.9. The molecule has 0 unspecified atom stereocenters. The van der Waals surface area contributed by atoms with Crippen molar-refractivity contribution in [1.29, 1.82) is 0 Å². The fourth-order valence-electron chi connectivity index (χ4n) is 9.98. The third-order valence-corrected chi connectivity index (χ3v) is 12.9. The van der Waals surface area contributed by atoms with Gasteiger partial charge in [0.25, 0.3) is 0 Å². The van der Waals surface area contributed by atoms with Gasteiger partial charge >= 0.3 is 0 Å². The van der Waals surface area contributed by atoms with Crippen LogP contribution < -0.4 is 0 Å². The number of rotatable bonds is 7. The summed E-state index contributed by atoms with van der Waals surface area (Å²) in [5.41, 5.74) is 18.0. The zero-order chi connectivity index (χ0) is 39.6. The fourth-order valence-corrected chi connectivity index (χ4v) is 9.98. The predicted octanol–water partition coefficient (Wildman–Crippen LogP) is 14.2. The van der Waals surface area contributed by atoms with Gasteiger partial charge in [-0.15, -0.1) is 0 Å². The smallest absolute Gasteiger partial charge is 0.0701 e. The SMILES string of the molecule is CC1(C)c2cc(-c3ccc4c(c3)c3ccccc3n4-c3ccc(-c4cccnc4)cc3)ccc2-c2ccc(C(c3ccccc3)(c3ccccc3)c3ccccc3)cc21. The van der Waals surface area contributed by atoms with Crippen LogP contribution in [0.15, 0.2) is 219 Å². The maximum absolute atomic E-state index is 4.32. The summed E-state index contributed by atoms with van der Waals surface area (Å²) in [6.45, 7) is 4.80. The molecule has 0 saturated carbocycles. The first kappa shape index (κ1) is 34.9. The van der Waals surface area contributed by atoms with E-state index in [-0.39, 0.29) is 5.41 Å². The number of benzene rings is 8. The van der Waals surface area contributed by atoms with Gasteiger partial charge in [-0.05, 0) is 109 Å². The predicted molar refractivity (Wildman–Crippen MR) is 245 cm³/mol. The molecule has 8 aromatic carbocycles. The van der Waals surface area contributed by atoms with Crippen molar-refractivity contribution in [3.05, 3.63) is 252 Å². The molecule has 0 bridgehead atoms. The molecule has 0 amide bonds. The molecule has 0 atom stereocenters. The largest absolute Gasteiger partial charge is 0.309 e. The minimum absolute atomic E-state index is 0.214. The van der Waals surface area contributed by atoms with Crippen LogP contribution in [0.25, 0.3) is 60.9 Å². The summed E-state index contributed by atoms with van der Waals surface area (Å²) in [7, 11) is 0. The number of nitrogens with zero attached hydrogens (tertiary/aromatic N) is 2. The summed E-state index contributed by atoms with van der Waals surface area (Å²) in [5.74, 6) is 0. The lowest BCUT2D eigenvalue weighted by Gasteiger charge is -2.37. The number of para-hydroxylation sites is 1. The van der Waals surface area contributed by atoms with E-state index in [4.69, 9.17) is 0 Å². The lowest BCUT2D eigenvalue weighted by Crippen LogP contribution is -2.31. The zero-order valence-corrected chi connectivity index (χ0v) is 33.2. The van der Waals surface area contributed by atoms with Crippen LogP contribution in [0.4, 0.5) is 0 Å². The van der Waals surface area contributed by atoms with Crippen molar-refractivity contribution < 1.29 is 0 Å². The molecule has 11 rings (SSSR count). The Morgan fingerprint density at radius 1 is 0.407 bits per heavy atom. The summed E-state index contributed by atoms with van der Waals surface area (Å²) in [6.07, 6.45) is 3.74. The van der Waals surface area contributed by atoms with Gasteiger partial charge < -0.3 is 4.57 Å². The van der Waals surface area contributed by atoms with Crippen molar-refractivity contribution in [2.24, 2.45) is 0 Å². The molecule has 1 aliphatic rings. The highest BCUT2D eigenvalue weighted by molar-refractivity contribution is 6.10. The highest BCUT2D eigenvalue weighted by Gasteiger charge is 2.42. The topological polar surface area (TPSA) is 17.8 Å². The monoisotopic (exact) mass is 754 g/mol. The van der Waals surface area contributed by atoms with Gasteiger partial charge in [-0.25, -0.2) is 0 Å². The van der Waals surface area contributed by atoms with Crippen LogP contribution in [-0.4, -0.2) is 9.55 Å². The number of hydrogen-bond donors (Lipinski definition) is 0. The summed E-state index contributed by atoms with van der Waals surface area (Å²) >= 11 is 0. The lowest BCUT2D eigenvalue weighted by atomic mass is 9.64. The quantitative estimate of drug-likeness (QED) is 0.148. The Hall–Kier alpha value is -7.29. The van der Waals surface area contributed by atoms with Crippen molar-refractivity contribution in [1.82, 2.24) is 9.55 Å². The van der Waals surface area contributed by atoms with Gasteiger partial charge in [-0.2, -0.15) is 0 Å². The second-order valence-electron chi connectivity index (χ2n) is 16.4. The molecule has 280 valence electrons. The van der Waals surface area contributed by atoms with E-state index in [9.17, 15) is 0 Å². The minimum atomic E-state index is -0.495. The van der Waals surface area contributed by atoms with E-state index in [1.807, 2.05) is 18.5 Å². The van der Waals surface area contributed by atoms with Crippen molar-refractivity contribution in [3.63, 3.8) is 0 Å². The first-order valence-electron chi connectivity index (χ1n) is 20.5. The Morgan fingerprint density at radius 2 is 0.949 bits per heavy atom. The average Bonchev–Trinajstić information content (AvgIpc) is 3.75. The molecule has 0 saturated heterocycles. The maximum atomic E-state index is 4.32. The van der Waals surface area contributed by atoms with Gasteiger partial charge in [0, 0.05) is 34.3 Å². The van der Waals surface area contributed by atoms with Crippen LogP contribution in [0.1, 0.15) is 47.2 Å². The average molecular weight is 755 g/mol. The highest BCUT2D eigenvalue weighted by atomic mass is 15.0. The standard InChI is InChI=1S/C57H42N2/c1-56(2)52-36-41(40-27-33-55-51(35-40)50-22-12-13-23-54(50)59(55)47-29-24-39(25-30-47)42-15-14-34-58-38-42)26-31-48(52)49-32-28-46(37-53(49)56)57(43-16-6-3-7-17-43,44-18-8-4-9-19-44)45-20-10-5-11-21-45/h3-38H,1-2H3. The molecule has 0 spiro atoms. The van der Waals surface area contributed by atoms with Crippen LogP contribution in [0, 0.1) is 0 Å². The van der Waals surface area contributed by atoms with Crippen molar-refractivity contribution in [2.75, 3.05) is 0 Å². The van der Waals surface area contributed by atoms with Gasteiger partial charge in [-0.1, -0.05) is 178 Å². The number of hydrogen-bond acceptors (Lipinski definition) is 1. The third kappa shape index (κ3) is 5.44. The van der Waals surface area contributed by atoms with E-state index in [1.54, 1.807) is 0 Å². The Balaban J connectivity index is 1.02. The summed E-state index contributed by atoms with van der Waals surface area (Å²) in [5, 5.41) is 2.50. The summed E-state index contributed by atoms with van der Waals surface area (Å²) in [4.78, 5) is 4.32. The second kappa shape index (κ2) is 13.7. The maximum Gasteiger partial charge on any atom is 0.0701 e. The van der Waals surface area contributed by atoms with E-state index in [0.29, 0.717) is 0 Å². The molecule has 0 radical (unpaired) electrons. The molecule has 0 aliphatic heterocycles. The van der Waals surface area contributed by atoms with Crippen LogP contribution in [-0.2, 0) is 10.8 Å². The molecule has 1 aliphatic carbocycles. The van der Waals surface area contributed by atoms with Crippen LogP contribution >= 0.6 is 0 Å². The van der Waals surface area contributed by atoms with E-state index in [1.165, 1.54) is 77.4 Å². The molecule has 10 aromatic rings. The van der Waals surface area contributed by atoms with Gasteiger partial charge in [0.15, 0.2) is 0 Å². The molecule has 2 heteroatoms. The molecular formula is C57H42N2. The first-order chi connectivity index (χ1) is 29.0. The number of aromatic nitrogens is 2. The Bertz CT molecular complexity index is 3050. The Morgan fingerprint density at radius 3 is 1.59 bits per heavy atom. The van der Waals surface area contributed by atoms with E-state index in [0.717, 1.165) is 16.8 Å². The fraction of sp³-hybridized carbons (Fsp3) is 0.0702. The van der Waals surface area contributed by atoms with Crippen LogP contribution in [0.3, 0.4) is 0 Å². The van der Waals surface area contributed by atoms with Gasteiger partial charge in [-0.3, -0.25) is 4.98 Å². The van der Waals surface area contributed by atoms with Crippen LogP contribution in [0.2, 0.25) is 0 Å². The number of fused-ring (bicyclic) bond motifs is 6. The zero-order valence-electron chi connectivity index (χ0n) is 33.2.